The van der Waals surface area contributed by atoms with Crippen molar-refractivity contribution >= 4 is 5.91 Å². The van der Waals surface area contributed by atoms with Gasteiger partial charge in [0.25, 0.3) is 0 Å². The molecule has 0 spiro atoms. The van der Waals surface area contributed by atoms with Crippen molar-refractivity contribution in [1.29, 1.82) is 0 Å². The van der Waals surface area contributed by atoms with Gasteiger partial charge in [-0.2, -0.15) is 0 Å². The number of nitrogens with one attached hydrogen (secondary N) is 1. The summed E-state index contributed by atoms with van der Waals surface area (Å²) < 4.78 is 11.1. The molecule has 110 valence electrons. The van der Waals surface area contributed by atoms with Gasteiger partial charge in [-0.25, -0.2) is 0 Å². The van der Waals surface area contributed by atoms with Crippen molar-refractivity contribution in [3.05, 3.63) is 0 Å². The van der Waals surface area contributed by atoms with Crippen LogP contribution in [-0.4, -0.2) is 61.4 Å². The fourth-order valence-corrected chi connectivity index (χ4v) is 2.85. The molecule has 2 fully saturated rings. The van der Waals surface area contributed by atoms with Crippen molar-refractivity contribution in [3.63, 3.8) is 0 Å². The highest BCUT2D eigenvalue weighted by molar-refractivity contribution is 5.80. The van der Waals surface area contributed by atoms with Gasteiger partial charge in [0.15, 0.2) is 0 Å². The van der Waals surface area contributed by atoms with Crippen LogP contribution >= 0.6 is 0 Å². The first kappa shape index (κ1) is 14.8. The van der Waals surface area contributed by atoms with Gasteiger partial charge in [0.2, 0.25) is 5.91 Å². The number of amides is 1. The predicted octanol–water partition coefficient (Wildman–Crippen LogP) is 0.779. The molecule has 2 heterocycles. The second-order valence-electron chi connectivity index (χ2n) is 5.81. The van der Waals surface area contributed by atoms with Crippen LogP contribution in [0.4, 0.5) is 0 Å². The molecule has 0 radical (unpaired) electrons. The third kappa shape index (κ3) is 4.16. The zero-order valence-electron chi connectivity index (χ0n) is 12.2. The molecular formula is C14H26N2O3. The van der Waals surface area contributed by atoms with Crippen LogP contribution in [0.15, 0.2) is 0 Å². The Labute approximate surface area is 115 Å². The Hall–Kier alpha value is -0.650. The molecule has 0 bridgehead atoms. The van der Waals surface area contributed by atoms with Gasteiger partial charge in [-0.15, -0.1) is 0 Å². The minimum absolute atomic E-state index is 0.0405. The van der Waals surface area contributed by atoms with E-state index in [0.29, 0.717) is 19.2 Å². The Morgan fingerprint density at radius 2 is 2.05 bits per heavy atom. The van der Waals surface area contributed by atoms with Crippen LogP contribution in [-0.2, 0) is 14.3 Å². The molecule has 5 nitrogen and oxygen atoms in total. The highest BCUT2D eigenvalue weighted by Gasteiger charge is 2.27. The van der Waals surface area contributed by atoms with Gasteiger partial charge in [0, 0.05) is 32.3 Å². The summed E-state index contributed by atoms with van der Waals surface area (Å²) in [5, 5.41) is 3.00. The summed E-state index contributed by atoms with van der Waals surface area (Å²) in [6.45, 7) is 9.61. The molecule has 0 aromatic rings. The molecule has 5 heteroatoms. The molecule has 0 aromatic carbocycles. The van der Waals surface area contributed by atoms with Crippen molar-refractivity contribution in [2.24, 2.45) is 0 Å². The molecule has 0 aromatic heterocycles. The average Bonchev–Trinajstić information content (AvgIpc) is 2.88. The van der Waals surface area contributed by atoms with Gasteiger partial charge in [-0.05, 0) is 33.6 Å². The van der Waals surface area contributed by atoms with Gasteiger partial charge >= 0.3 is 0 Å². The minimum Gasteiger partial charge on any atom is -0.373 e. The van der Waals surface area contributed by atoms with E-state index in [-0.39, 0.29) is 24.2 Å². The van der Waals surface area contributed by atoms with Crippen LogP contribution < -0.4 is 5.32 Å². The maximum atomic E-state index is 11.9. The van der Waals surface area contributed by atoms with Gasteiger partial charge in [-0.1, -0.05) is 0 Å². The highest BCUT2D eigenvalue weighted by Crippen LogP contribution is 2.14. The Balaban J connectivity index is 1.74. The van der Waals surface area contributed by atoms with Crippen LogP contribution in [0.3, 0.4) is 0 Å². The molecule has 1 amide bonds. The number of nitrogens with zero attached hydrogens (tertiary/aromatic N) is 1. The summed E-state index contributed by atoms with van der Waals surface area (Å²) in [6.07, 6.45) is 2.15. The van der Waals surface area contributed by atoms with Crippen LogP contribution in [0.1, 0.15) is 33.6 Å². The van der Waals surface area contributed by atoms with Crippen LogP contribution in [0.2, 0.25) is 0 Å². The van der Waals surface area contributed by atoms with E-state index in [1.807, 2.05) is 0 Å². The first-order chi connectivity index (χ1) is 9.06. The third-order valence-electron chi connectivity index (χ3n) is 3.87. The zero-order valence-corrected chi connectivity index (χ0v) is 12.2. The number of carbonyl (C=O) groups excluding carboxylic acids is 1. The van der Waals surface area contributed by atoms with Crippen molar-refractivity contribution in [2.75, 3.05) is 26.2 Å². The van der Waals surface area contributed by atoms with E-state index in [4.69, 9.17) is 9.47 Å². The van der Waals surface area contributed by atoms with E-state index in [1.54, 1.807) is 0 Å². The quantitative estimate of drug-likeness (QED) is 0.820. The van der Waals surface area contributed by atoms with E-state index in [0.717, 1.165) is 25.9 Å². The lowest BCUT2D eigenvalue weighted by molar-refractivity contribution is -0.130. The Morgan fingerprint density at radius 3 is 2.63 bits per heavy atom. The Morgan fingerprint density at radius 1 is 1.37 bits per heavy atom. The van der Waals surface area contributed by atoms with Gasteiger partial charge < -0.3 is 14.8 Å². The molecule has 1 N–H and O–H groups in total. The summed E-state index contributed by atoms with van der Waals surface area (Å²) in [5.74, 6) is 0.0405. The fourth-order valence-electron chi connectivity index (χ4n) is 2.85. The van der Waals surface area contributed by atoms with Gasteiger partial charge in [-0.3, -0.25) is 9.69 Å². The maximum absolute atomic E-state index is 11.9. The van der Waals surface area contributed by atoms with Crippen molar-refractivity contribution in [2.45, 2.75) is 58.0 Å². The molecule has 2 rings (SSSR count). The predicted molar refractivity (Wildman–Crippen MR) is 73.0 cm³/mol. The normalized spacial score (nSPS) is 34.2. The summed E-state index contributed by atoms with van der Waals surface area (Å²) in [7, 11) is 0. The zero-order chi connectivity index (χ0) is 13.8. The minimum atomic E-state index is -0.227. The molecule has 2 aliphatic heterocycles. The molecule has 4 atom stereocenters. The SMILES string of the molecule is C[C@@H]1CN([C@H](C)CNC(=O)[C@@H]2CCCO2)C[C@@H](C)O1. The fraction of sp³-hybridized carbons (Fsp3) is 0.929. The number of rotatable bonds is 4. The lowest BCUT2D eigenvalue weighted by Crippen LogP contribution is -2.52. The molecule has 0 aliphatic carbocycles. The summed E-state index contributed by atoms with van der Waals surface area (Å²) >= 11 is 0. The van der Waals surface area contributed by atoms with E-state index >= 15 is 0 Å². The molecule has 2 saturated heterocycles. The van der Waals surface area contributed by atoms with Crippen LogP contribution in [0.25, 0.3) is 0 Å². The second kappa shape index (κ2) is 6.68. The van der Waals surface area contributed by atoms with Crippen molar-refractivity contribution < 1.29 is 14.3 Å². The van der Waals surface area contributed by atoms with Gasteiger partial charge in [0.1, 0.15) is 6.10 Å². The van der Waals surface area contributed by atoms with E-state index in [1.165, 1.54) is 0 Å². The smallest absolute Gasteiger partial charge is 0.249 e. The van der Waals surface area contributed by atoms with E-state index < -0.39 is 0 Å². The third-order valence-corrected chi connectivity index (χ3v) is 3.87. The first-order valence-electron chi connectivity index (χ1n) is 7.35. The number of carbonyl (C=O) groups is 1. The Kier molecular flexibility index (Phi) is 5.19. The summed E-state index contributed by atoms with van der Waals surface area (Å²) in [5.41, 5.74) is 0. The van der Waals surface area contributed by atoms with Crippen LogP contribution in [0.5, 0.6) is 0 Å². The molecule has 0 saturated carbocycles. The Bertz CT molecular complexity index is 295. The lowest BCUT2D eigenvalue weighted by atomic mass is 10.1. The number of hydrogen-bond donors (Lipinski definition) is 1. The summed E-state index contributed by atoms with van der Waals surface area (Å²) in [6, 6.07) is 0.333. The van der Waals surface area contributed by atoms with E-state index in [9.17, 15) is 4.79 Å². The van der Waals surface area contributed by atoms with Crippen molar-refractivity contribution in [1.82, 2.24) is 10.2 Å². The second-order valence-corrected chi connectivity index (χ2v) is 5.81. The molecule has 2 aliphatic rings. The highest BCUT2D eigenvalue weighted by atomic mass is 16.5. The molecule has 0 unspecified atom stereocenters. The van der Waals surface area contributed by atoms with Gasteiger partial charge in [0.05, 0.1) is 12.2 Å². The first-order valence-corrected chi connectivity index (χ1v) is 7.35. The van der Waals surface area contributed by atoms with Crippen LogP contribution in [0, 0.1) is 0 Å². The van der Waals surface area contributed by atoms with E-state index in [2.05, 4.69) is 31.0 Å². The number of morpholine rings is 1. The average molecular weight is 270 g/mol. The maximum Gasteiger partial charge on any atom is 0.249 e. The topological polar surface area (TPSA) is 50.8 Å². The molecular weight excluding hydrogens is 244 g/mol. The van der Waals surface area contributed by atoms with Crippen molar-refractivity contribution in [3.8, 4) is 0 Å². The monoisotopic (exact) mass is 270 g/mol. The molecule has 19 heavy (non-hydrogen) atoms. The number of ether oxygens (including phenoxy) is 2. The number of hydrogen-bond acceptors (Lipinski definition) is 4. The summed E-state index contributed by atoms with van der Waals surface area (Å²) in [4.78, 5) is 14.3. The standard InChI is InChI=1S/C14H26N2O3/c1-10(16-8-11(2)19-12(3)9-16)7-15-14(17)13-5-4-6-18-13/h10-13H,4-9H2,1-3H3,(H,15,17)/t10-,11-,12-,13+/m1/s1. The lowest BCUT2D eigenvalue weighted by Gasteiger charge is -2.39. The largest absolute Gasteiger partial charge is 0.373 e.